The van der Waals surface area contributed by atoms with Crippen molar-refractivity contribution >= 4 is 35.4 Å². The first-order valence-electron chi connectivity index (χ1n) is 8.54. The van der Waals surface area contributed by atoms with E-state index in [4.69, 9.17) is 5.11 Å². The molecule has 0 aliphatic carbocycles. The largest absolute Gasteiger partial charge is 0.481 e. The van der Waals surface area contributed by atoms with Crippen molar-refractivity contribution in [2.75, 3.05) is 18.1 Å². The molecule has 1 saturated heterocycles. The average Bonchev–Trinajstić information content (AvgIpc) is 2.65. The van der Waals surface area contributed by atoms with E-state index < -0.39 is 12.1 Å². The number of hydrogen-bond acceptors (Lipinski definition) is 5. The number of amides is 1. The molecule has 0 spiro atoms. The van der Waals surface area contributed by atoms with Gasteiger partial charge in [0.25, 0.3) is 5.91 Å². The summed E-state index contributed by atoms with van der Waals surface area (Å²) in [7, 11) is 0. The maximum absolute atomic E-state index is 12.1. The predicted molar refractivity (Wildman–Crippen MR) is 103 cm³/mol. The summed E-state index contributed by atoms with van der Waals surface area (Å²) in [5, 5.41) is 22.2. The topological polar surface area (TPSA) is 86.6 Å². The van der Waals surface area contributed by atoms with E-state index in [2.05, 4.69) is 12.2 Å². The first kappa shape index (κ1) is 20.1. The van der Waals surface area contributed by atoms with Crippen molar-refractivity contribution in [1.82, 2.24) is 5.32 Å². The number of carbonyl (C=O) groups is 2. The van der Waals surface area contributed by atoms with Gasteiger partial charge in [0.05, 0.1) is 4.08 Å². The normalized spacial score (nSPS) is 17.7. The lowest BCUT2D eigenvalue weighted by atomic mass is 10.0. The van der Waals surface area contributed by atoms with Gasteiger partial charge in [0.15, 0.2) is 0 Å². The number of carbonyl (C=O) groups excluding carboxylic acids is 1. The molecule has 5 nitrogen and oxygen atoms in total. The van der Waals surface area contributed by atoms with Crippen LogP contribution in [0.1, 0.15) is 54.6 Å². The fourth-order valence-electron chi connectivity index (χ4n) is 2.76. The minimum absolute atomic E-state index is 0.0415. The predicted octanol–water partition coefficient (Wildman–Crippen LogP) is 3.29. The number of thioether (sulfide) groups is 2. The second kappa shape index (κ2) is 9.50. The third-order valence-corrected chi connectivity index (χ3v) is 7.93. The van der Waals surface area contributed by atoms with Gasteiger partial charge in [0.1, 0.15) is 6.10 Å². The fourth-order valence-corrected chi connectivity index (χ4v) is 6.04. The first-order valence-corrected chi connectivity index (χ1v) is 10.5. The van der Waals surface area contributed by atoms with Gasteiger partial charge in [-0.15, -0.1) is 23.5 Å². The third kappa shape index (κ3) is 5.39. The second-order valence-corrected chi connectivity index (χ2v) is 9.10. The summed E-state index contributed by atoms with van der Waals surface area (Å²) in [5.74, 6) is 1.04. The molecular formula is C18H25NO4S2. The van der Waals surface area contributed by atoms with Gasteiger partial charge in [-0.05, 0) is 48.5 Å². The third-order valence-electron chi connectivity index (χ3n) is 4.23. The molecule has 1 fully saturated rings. The fraction of sp³-hybridized carbons (Fsp3) is 0.556. The van der Waals surface area contributed by atoms with Crippen molar-refractivity contribution < 1.29 is 19.8 Å². The molecule has 0 saturated carbocycles. The van der Waals surface area contributed by atoms with Gasteiger partial charge in [0.2, 0.25) is 0 Å². The van der Waals surface area contributed by atoms with Crippen LogP contribution in [0.25, 0.3) is 0 Å². The lowest BCUT2D eigenvalue weighted by Crippen LogP contribution is -2.32. The second-order valence-electron chi connectivity index (χ2n) is 5.99. The molecule has 1 aromatic rings. The van der Waals surface area contributed by atoms with Gasteiger partial charge < -0.3 is 15.5 Å². The summed E-state index contributed by atoms with van der Waals surface area (Å²) in [4.78, 5) is 22.5. The molecule has 0 bridgehead atoms. The highest BCUT2D eigenvalue weighted by Gasteiger charge is 2.40. The van der Waals surface area contributed by atoms with Crippen LogP contribution in [0.3, 0.4) is 0 Å². The quantitative estimate of drug-likeness (QED) is 0.597. The molecule has 1 heterocycles. The van der Waals surface area contributed by atoms with Crippen LogP contribution in [0.5, 0.6) is 0 Å². The van der Waals surface area contributed by atoms with Crippen LogP contribution in [0.2, 0.25) is 0 Å². The van der Waals surface area contributed by atoms with Gasteiger partial charge in [0, 0.05) is 18.5 Å². The molecule has 25 heavy (non-hydrogen) atoms. The van der Waals surface area contributed by atoms with Crippen molar-refractivity contribution in [2.24, 2.45) is 0 Å². The van der Waals surface area contributed by atoms with E-state index in [1.54, 1.807) is 12.1 Å². The molecule has 1 unspecified atom stereocenters. The Balaban J connectivity index is 1.96. The molecule has 0 aromatic heterocycles. The zero-order chi connectivity index (χ0) is 18.3. The van der Waals surface area contributed by atoms with Crippen molar-refractivity contribution in [3.63, 3.8) is 0 Å². The van der Waals surface area contributed by atoms with Gasteiger partial charge in [-0.1, -0.05) is 19.1 Å². The first-order chi connectivity index (χ1) is 12.0. The summed E-state index contributed by atoms with van der Waals surface area (Å²) in [5.41, 5.74) is 1.34. The van der Waals surface area contributed by atoms with Gasteiger partial charge >= 0.3 is 5.97 Å². The van der Waals surface area contributed by atoms with Crippen LogP contribution in [0, 0.1) is 0 Å². The van der Waals surface area contributed by atoms with E-state index in [1.807, 2.05) is 35.7 Å². The number of aliphatic carboxylic acids is 1. The zero-order valence-electron chi connectivity index (χ0n) is 14.4. The summed E-state index contributed by atoms with van der Waals surface area (Å²) in [6.07, 6.45) is 1.94. The molecule has 2 rings (SSSR count). The zero-order valence-corrected chi connectivity index (χ0v) is 16.0. The Morgan fingerprint density at radius 2 is 1.88 bits per heavy atom. The van der Waals surface area contributed by atoms with E-state index in [-0.39, 0.29) is 16.4 Å². The number of benzene rings is 1. The highest BCUT2D eigenvalue weighted by Crippen LogP contribution is 2.52. The van der Waals surface area contributed by atoms with Crippen molar-refractivity contribution in [2.45, 2.75) is 42.8 Å². The molecule has 1 atom stereocenters. The van der Waals surface area contributed by atoms with Crippen molar-refractivity contribution in [1.29, 1.82) is 0 Å². The number of carboxylic acids is 1. The molecule has 1 amide bonds. The molecule has 1 aromatic carbocycles. The summed E-state index contributed by atoms with van der Waals surface area (Å²) >= 11 is 3.65. The van der Waals surface area contributed by atoms with E-state index in [9.17, 15) is 14.7 Å². The van der Waals surface area contributed by atoms with Gasteiger partial charge in [-0.3, -0.25) is 9.59 Å². The number of rotatable bonds is 8. The molecular weight excluding hydrogens is 358 g/mol. The summed E-state index contributed by atoms with van der Waals surface area (Å²) in [6, 6.07) is 7.05. The van der Waals surface area contributed by atoms with Crippen LogP contribution in [-0.4, -0.2) is 44.2 Å². The molecule has 1 aliphatic heterocycles. The van der Waals surface area contributed by atoms with Crippen LogP contribution in [0.4, 0.5) is 0 Å². The van der Waals surface area contributed by atoms with Crippen LogP contribution >= 0.6 is 23.5 Å². The minimum atomic E-state index is -0.865. The Kier molecular flexibility index (Phi) is 7.65. The SMILES string of the molecule is CCC1(C(O)c2ccc(C(=O)NCCCC(=O)O)cc2)SCCCS1. The number of aliphatic hydroxyl groups is 1. The molecule has 0 radical (unpaired) electrons. The lowest BCUT2D eigenvalue weighted by Gasteiger charge is -2.39. The van der Waals surface area contributed by atoms with E-state index in [0.717, 1.165) is 23.5 Å². The van der Waals surface area contributed by atoms with Gasteiger partial charge in [-0.25, -0.2) is 0 Å². The van der Waals surface area contributed by atoms with Crippen LogP contribution in [0.15, 0.2) is 24.3 Å². The molecule has 1 aliphatic rings. The Morgan fingerprint density at radius 1 is 1.24 bits per heavy atom. The molecule has 7 heteroatoms. The smallest absolute Gasteiger partial charge is 0.303 e. The number of aliphatic hydroxyl groups excluding tert-OH is 1. The Morgan fingerprint density at radius 3 is 2.44 bits per heavy atom. The monoisotopic (exact) mass is 383 g/mol. The minimum Gasteiger partial charge on any atom is -0.481 e. The Labute approximate surface area is 157 Å². The van der Waals surface area contributed by atoms with Crippen molar-refractivity contribution in [3.05, 3.63) is 35.4 Å². The Hall–Kier alpha value is -1.18. The number of nitrogens with one attached hydrogen (secondary N) is 1. The molecule has 138 valence electrons. The van der Waals surface area contributed by atoms with E-state index >= 15 is 0 Å². The van der Waals surface area contributed by atoms with Gasteiger partial charge in [-0.2, -0.15) is 0 Å². The Bertz CT molecular complexity index is 585. The summed E-state index contributed by atoms with van der Waals surface area (Å²) < 4.78 is -0.209. The standard InChI is InChI=1S/C18H25NO4S2/c1-2-18(24-11-4-12-25-18)16(22)13-6-8-14(9-7-13)17(23)19-10-3-5-15(20)21/h6-9,16,22H,2-5,10-12H2,1H3,(H,19,23)(H,20,21). The lowest BCUT2D eigenvalue weighted by molar-refractivity contribution is -0.137. The number of carboxylic acid groups (broad SMARTS) is 1. The summed E-state index contributed by atoms with van der Waals surface area (Å²) in [6.45, 7) is 2.44. The maximum Gasteiger partial charge on any atom is 0.303 e. The van der Waals surface area contributed by atoms with Crippen LogP contribution < -0.4 is 5.32 Å². The van der Waals surface area contributed by atoms with E-state index in [0.29, 0.717) is 18.5 Å². The highest BCUT2D eigenvalue weighted by atomic mass is 32.2. The highest BCUT2D eigenvalue weighted by molar-refractivity contribution is 8.18. The average molecular weight is 384 g/mol. The van der Waals surface area contributed by atoms with E-state index in [1.165, 1.54) is 6.42 Å². The maximum atomic E-state index is 12.1. The van der Waals surface area contributed by atoms with Crippen molar-refractivity contribution in [3.8, 4) is 0 Å². The number of hydrogen-bond donors (Lipinski definition) is 3. The van der Waals surface area contributed by atoms with Crippen LogP contribution in [-0.2, 0) is 4.79 Å². The molecule has 3 N–H and O–H groups in total.